The van der Waals surface area contributed by atoms with Crippen molar-refractivity contribution in [3.8, 4) is 0 Å². The third kappa shape index (κ3) is 3.56. The second-order valence-electron chi connectivity index (χ2n) is 6.19. The molecule has 1 atom stereocenters. The van der Waals surface area contributed by atoms with E-state index in [-0.39, 0.29) is 12.0 Å². The smallest absolute Gasteiger partial charge is 0.0894 e. The molecule has 19 heavy (non-hydrogen) atoms. The predicted octanol–water partition coefficient (Wildman–Crippen LogP) is 1.40. The lowest BCUT2D eigenvalue weighted by Crippen LogP contribution is -2.38. The van der Waals surface area contributed by atoms with Crippen molar-refractivity contribution in [3.63, 3.8) is 0 Å². The van der Waals surface area contributed by atoms with Gasteiger partial charge in [0.25, 0.3) is 0 Å². The highest BCUT2D eigenvalue weighted by Crippen LogP contribution is 2.29. The largest absolute Gasteiger partial charge is 0.394 e. The van der Waals surface area contributed by atoms with Crippen molar-refractivity contribution in [2.24, 2.45) is 0 Å². The van der Waals surface area contributed by atoms with Gasteiger partial charge in [0.15, 0.2) is 0 Å². The van der Waals surface area contributed by atoms with Gasteiger partial charge in [0.1, 0.15) is 0 Å². The van der Waals surface area contributed by atoms with E-state index < -0.39 is 6.10 Å². The second kappa shape index (κ2) is 6.04. The minimum atomic E-state index is -0.671. The number of hydrogen-bond donors (Lipinski definition) is 3. The van der Waals surface area contributed by atoms with E-state index in [2.05, 4.69) is 37.4 Å². The van der Waals surface area contributed by atoms with Crippen molar-refractivity contribution in [2.45, 2.75) is 44.6 Å². The summed E-state index contributed by atoms with van der Waals surface area (Å²) in [5.41, 5.74) is 4.38. The number of benzene rings is 1. The van der Waals surface area contributed by atoms with E-state index in [1.54, 1.807) is 0 Å². The van der Waals surface area contributed by atoms with Gasteiger partial charge in [-0.15, -0.1) is 0 Å². The normalized spacial score (nSPS) is 16.4. The van der Waals surface area contributed by atoms with Gasteiger partial charge in [-0.3, -0.25) is 0 Å². The summed E-state index contributed by atoms with van der Waals surface area (Å²) < 4.78 is 0. The molecular formula is C16H25NO2. The molecule has 0 saturated heterocycles. The zero-order valence-corrected chi connectivity index (χ0v) is 11.9. The summed E-state index contributed by atoms with van der Waals surface area (Å²) in [6.07, 6.45) is 3.03. The third-order valence-corrected chi connectivity index (χ3v) is 4.04. The Hall–Kier alpha value is -0.900. The van der Waals surface area contributed by atoms with E-state index in [9.17, 15) is 5.11 Å². The van der Waals surface area contributed by atoms with Crippen molar-refractivity contribution >= 4 is 0 Å². The average Bonchev–Trinajstić information content (AvgIpc) is 2.85. The molecule has 106 valence electrons. The van der Waals surface area contributed by atoms with Crippen molar-refractivity contribution < 1.29 is 10.2 Å². The highest BCUT2D eigenvalue weighted by atomic mass is 16.3. The number of aliphatic hydroxyl groups is 2. The first-order valence-electron chi connectivity index (χ1n) is 7.15. The Morgan fingerprint density at radius 1 is 1.26 bits per heavy atom. The Kier molecular flexibility index (Phi) is 4.61. The Bertz CT molecular complexity index is 429. The summed E-state index contributed by atoms with van der Waals surface area (Å²) in [4.78, 5) is 0. The Balaban J connectivity index is 1.98. The fourth-order valence-electron chi connectivity index (χ4n) is 2.71. The van der Waals surface area contributed by atoms with Crippen molar-refractivity contribution in [2.75, 3.05) is 19.7 Å². The first-order valence-corrected chi connectivity index (χ1v) is 7.15. The SMILES string of the molecule is CC(C)(CNCC(O)CO)c1ccc2c(c1)CCC2. The maximum Gasteiger partial charge on any atom is 0.0894 e. The quantitative estimate of drug-likeness (QED) is 0.727. The van der Waals surface area contributed by atoms with Crippen molar-refractivity contribution in [1.82, 2.24) is 5.32 Å². The van der Waals surface area contributed by atoms with Crippen LogP contribution in [0.3, 0.4) is 0 Å². The van der Waals surface area contributed by atoms with E-state index in [1.165, 1.54) is 36.0 Å². The maximum absolute atomic E-state index is 9.34. The molecule has 0 bridgehead atoms. The molecule has 0 heterocycles. The van der Waals surface area contributed by atoms with Crippen LogP contribution in [0.25, 0.3) is 0 Å². The number of aliphatic hydroxyl groups excluding tert-OH is 2. The van der Waals surface area contributed by atoms with E-state index in [0.717, 1.165) is 6.54 Å². The van der Waals surface area contributed by atoms with E-state index in [1.807, 2.05) is 0 Å². The minimum absolute atomic E-state index is 0.0345. The van der Waals surface area contributed by atoms with Gasteiger partial charge < -0.3 is 15.5 Å². The summed E-state index contributed by atoms with van der Waals surface area (Å²) in [5.74, 6) is 0. The molecule has 0 radical (unpaired) electrons. The lowest BCUT2D eigenvalue weighted by atomic mass is 9.83. The molecule has 0 aliphatic heterocycles. The first kappa shape index (κ1) is 14.5. The zero-order valence-electron chi connectivity index (χ0n) is 11.9. The highest BCUT2D eigenvalue weighted by Gasteiger charge is 2.22. The Morgan fingerprint density at radius 3 is 2.74 bits per heavy atom. The van der Waals surface area contributed by atoms with Gasteiger partial charge in [-0.2, -0.15) is 0 Å². The average molecular weight is 263 g/mol. The van der Waals surface area contributed by atoms with Crippen LogP contribution >= 0.6 is 0 Å². The second-order valence-corrected chi connectivity index (χ2v) is 6.19. The van der Waals surface area contributed by atoms with Gasteiger partial charge in [-0.25, -0.2) is 0 Å². The van der Waals surface area contributed by atoms with Gasteiger partial charge in [0.05, 0.1) is 12.7 Å². The van der Waals surface area contributed by atoms with E-state index in [0.29, 0.717) is 6.54 Å². The summed E-state index contributed by atoms with van der Waals surface area (Å²) in [7, 11) is 0. The molecule has 1 aliphatic rings. The summed E-state index contributed by atoms with van der Waals surface area (Å²) >= 11 is 0. The van der Waals surface area contributed by atoms with Crippen LogP contribution in [0, 0.1) is 0 Å². The van der Waals surface area contributed by atoms with E-state index in [4.69, 9.17) is 5.11 Å². The van der Waals surface area contributed by atoms with Crippen LogP contribution < -0.4 is 5.32 Å². The van der Waals surface area contributed by atoms with Crippen molar-refractivity contribution in [3.05, 3.63) is 34.9 Å². The third-order valence-electron chi connectivity index (χ3n) is 4.04. The molecule has 3 heteroatoms. The summed E-state index contributed by atoms with van der Waals surface area (Å²) in [6, 6.07) is 6.84. The van der Waals surface area contributed by atoms with Gasteiger partial charge in [0.2, 0.25) is 0 Å². The van der Waals surface area contributed by atoms with Gasteiger partial charge in [-0.1, -0.05) is 32.0 Å². The van der Waals surface area contributed by atoms with Crippen LogP contribution in [0.1, 0.15) is 37.0 Å². The number of fused-ring (bicyclic) bond motifs is 1. The van der Waals surface area contributed by atoms with Crippen LogP contribution in [-0.2, 0) is 18.3 Å². The number of nitrogens with one attached hydrogen (secondary N) is 1. The monoisotopic (exact) mass is 263 g/mol. The minimum Gasteiger partial charge on any atom is -0.394 e. The van der Waals surface area contributed by atoms with E-state index >= 15 is 0 Å². The molecule has 1 aliphatic carbocycles. The summed E-state index contributed by atoms with van der Waals surface area (Å²) in [6.45, 7) is 5.46. The van der Waals surface area contributed by atoms with Crippen molar-refractivity contribution in [1.29, 1.82) is 0 Å². The molecule has 1 aromatic carbocycles. The van der Waals surface area contributed by atoms with Crippen LogP contribution in [-0.4, -0.2) is 36.0 Å². The molecule has 3 N–H and O–H groups in total. The number of aryl methyl sites for hydroxylation is 2. The molecule has 1 aromatic rings. The van der Waals surface area contributed by atoms with Crippen LogP contribution in [0.15, 0.2) is 18.2 Å². The standard InChI is InChI=1S/C16H25NO2/c1-16(2,11-17-9-15(19)10-18)14-7-6-12-4-3-5-13(12)8-14/h6-8,15,17-19H,3-5,9-11H2,1-2H3. The van der Waals surface area contributed by atoms with Crippen LogP contribution in [0.2, 0.25) is 0 Å². The fourth-order valence-corrected chi connectivity index (χ4v) is 2.71. The van der Waals surface area contributed by atoms with Crippen LogP contribution in [0.5, 0.6) is 0 Å². The maximum atomic E-state index is 9.34. The number of hydrogen-bond acceptors (Lipinski definition) is 3. The molecule has 0 spiro atoms. The molecule has 0 aromatic heterocycles. The van der Waals surface area contributed by atoms with Gasteiger partial charge in [-0.05, 0) is 36.0 Å². The molecule has 2 rings (SSSR count). The molecule has 3 nitrogen and oxygen atoms in total. The Labute approximate surface area is 115 Å². The zero-order chi connectivity index (χ0) is 13.9. The summed E-state index contributed by atoms with van der Waals surface area (Å²) in [5, 5.41) is 21.4. The molecule has 0 fully saturated rings. The predicted molar refractivity (Wildman–Crippen MR) is 77.5 cm³/mol. The van der Waals surface area contributed by atoms with Gasteiger partial charge in [0, 0.05) is 18.5 Å². The lowest BCUT2D eigenvalue weighted by molar-refractivity contribution is 0.0934. The molecular weight excluding hydrogens is 238 g/mol. The Morgan fingerprint density at radius 2 is 2.00 bits per heavy atom. The van der Waals surface area contributed by atoms with Crippen LogP contribution in [0.4, 0.5) is 0 Å². The topological polar surface area (TPSA) is 52.5 Å². The first-order chi connectivity index (χ1) is 9.03. The fraction of sp³-hybridized carbons (Fsp3) is 0.625. The number of rotatable bonds is 6. The van der Waals surface area contributed by atoms with Gasteiger partial charge >= 0.3 is 0 Å². The molecule has 0 amide bonds. The molecule has 1 unspecified atom stereocenters. The molecule has 0 saturated carbocycles. The lowest BCUT2D eigenvalue weighted by Gasteiger charge is -2.27. The highest BCUT2D eigenvalue weighted by molar-refractivity contribution is 5.38.